The van der Waals surface area contributed by atoms with E-state index in [1.54, 1.807) is 52.5 Å². The molecule has 0 heterocycles. The molecule has 2 aromatic carbocycles. The predicted octanol–water partition coefficient (Wildman–Crippen LogP) is 3.60. The summed E-state index contributed by atoms with van der Waals surface area (Å²) in [5.74, 6) is 2.49. The monoisotopic (exact) mass is 288 g/mol. The van der Waals surface area contributed by atoms with E-state index in [1.807, 2.05) is 24.3 Å². The maximum absolute atomic E-state index is 10.8. The number of methoxy groups -OCH3 is 3. The van der Waals surface area contributed by atoms with Gasteiger partial charge >= 0.3 is 0 Å². The van der Waals surface area contributed by atoms with Gasteiger partial charge in [0.05, 0.1) is 21.3 Å². The quantitative estimate of drug-likeness (QED) is 0.806. The minimum Gasteiger partial charge on any atom is -0.497 e. The Hall–Kier alpha value is -2.49. The second-order valence-corrected chi connectivity index (χ2v) is 4.17. The Labute approximate surface area is 125 Å². The van der Waals surface area contributed by atoms with Crippen molar-refractivity contribution < 1.29 is 19.0 Å². The lowest BCUT2D eigenvalue weighted by molar-refractivity contribution is 0.101. The maximum Gasteiger partial charge on any atom is 0.159 e. The zero-order valence-corrected chi connectivity index (χ0v) is 12.8. The number of ketones is 1. The molecule has 0 unspecified atom stereocenters. The number of carbonyl (C=O) groups is 1. The van der Waals surface area contributed by atoms with Crippen LogP contribution < -0.4 is 14.2 Å². The number of ether oxygens (including phenoxy) is 3. The highest BCUT2D eigenvalue weighted by Crippen LogP contribution is 2.17. The van der Waals surface area contributed by atoms with Gasteiger partial charge in [0.15, 0.2) is 5.78 Å². The van der Waals surface area contributed by atoms with E-state index in [1.165, 1.54) is 0 Å². The Morgan fingerprint density at radius 3 is 1.62 bits per heavy atom. The van der Waals surface area contributed by atoms with Gasteiger partial charge < -0.3 is 14.2 Å². The van der Waals surface area contributed by atoms with Gasteiger partial charge in [-0.25, -0.2) is 0 Å². The van der Waals surface area contributed by atoms with E-state index in [0.717, 1.165) is 17.2 Å². The molecule has 0 saturated heterocycles. The van der Waals surface area contributed by atoms with Crippen LogP contribution in [0.5, 0.6) is 17.2 Å². The third kappa shape index (κ3) is 5.57. The number of benzene rings is 2. The average Bonchev–Trinajstić information content (AvgIpc) is 2.55. The third-order valence-electron chi connectivity index (χ3n) is 2.77. The van der Waals surface area contributed by atoms with Gasteiger partial charge in [-0.3, -0.25) is 4.79 Å². The molecular weight excluding hydrogens is 268 g/mol. The molecule has 0 saturated carbocycles. The average molecular weight is 288 g/mol. The van der Waals surface area contributed by atoms with Crippen LogP contribution in [0.2, 0.25) is 0 Å². The predicted molar refractivity (Wildman–Crippen MR) is 82.5 cm³/mol. The second kappa shape index (κ2) is 8.64. The van der Waals surface area contributed by atoms with Gasteiger partial charge in [0.1, 0.15) is 17.2 Å². The van der Waals surface area contributed by atoms with Crippen LogP contribution in [0, 0.1) is 0 Å². The Balaban J connectivity index is 0.000000211. The van der Waals surface area contributed by atoms with Crippen LogP contribution in [0.1, 0.15) is 17.3 Å². The molecule has 0 amide bonds. The fourth-order valence-electron chi connectivity index (χ4n) is 1.55. The van der Waals surface area contributed by atoms with Crippen LogP contribution >= 0.6 is 0 Å². The summed E-state index contributed by atoms with van der Waals surface area (Å²) in [5, 5.41) is 0. The van der Waals surface area contributed by atoms with Crippen LogP contribution in [-0.2, 0) is 0 Å². The SMILES string of the molecule is COc1ccc(C(C)=O)cc1.COc1cccc(OC)c1. The molecule has 21 heavy (non-hydrogen) atoms. The second-order valence-electron chi connectivity index (χ2n) is 4.17. The van der Waals surface area contributed by atoms with Crippen molar-refractivity contribution in [3.05, 3.63) is 54.1 Å². The van der Waals surface area contributed by atoms with Crippen LogP contribution in [0.25, 0.3) is 0 Å². The van der Waals surface area contributed by atoms with Crippen LogP contribution in [0.15, 0.2) is 48.5 Å². The Bertz CT molecular complexity index is 542. The van der Waals surface area contributed by atoms with E-state index < -0.39 is 0 Å². The number of hydrogen-bond donors (Lipinski definition) is 0. The molecule has 2 rings (SSSR count). The first-order valence-corrected chi connectivity index (χ1v) is 6.43. The van der Waals surface area contributed by atoms with Crippen molar-refractivity contribution in [2.75, 3.05) is 21.3 Å². The molecule has 0 fully saturated rings. The Morgan fingerprint density at radius 1 is 0.762 bits per heavy atom. The molecule has 0 spiro atoms. The first kappa shape index (κ1) is 16.6. The standard InChI is InChI=1S/C9H10O2.C8H10O2/c1-7(10)8-3-5-9(11-2)6-4-8;1-9-7-4-3-5-8(6-7)10-2/h3-6H,1-2H3;3-6H,1-2H3. The molecule has 0 aliphatic heterocycles. The van der Waals surface area contributed by atoms with Gasteiger partial charge in [-0.15, -0.1) is 0 Å². The minimum absolute atomic E-state index is 0.0765. The molecule has 0 bridgehead atoms. The lowest BCUT2D eigenvalue weighted by Crippen LogP contribution is -1.91. The maximum atomic E-state index is 10.8. The van der Waals surface area contributed by atoms with Crippen LogP contribution in [-0.4, -0.2) is 27.1 Å². The van der Waals surface area contributed by atoms with Crippen LogP contribution in [0.3, 0.4) is 0 Å². The molecule has 0 aliphatic carbocycles. The number of rotatable bonds is 4. The topological polar surface area (TPSA) is 44.8 Å². The normalized spacial score (nSPS) is 9.14. The van der Waals surface area contributed by atoms with E-state index in [2.05, 4.69) is 0 Å². The van der Waals surface area contributed by atoms with Gasteiger partial charge in [0, 0.05) is 11.6 Å². The summed E-state index contributed by atoms with van der Waals surface area (Å²) in [5.41, 5.74) is 0.714. The van der Waals surface area contributed by atoms with Gasteiger partial charge in [0.2, 0.25) is 0 Å². The molecule has 0 N–H and O–H groups in total. The smallest absolute Gasteiger partial charge is 0.159 e. The van der Waals surface area contributed by atoms with Gasteiger partial charge in [0.25, 0.3) is 0 Å². The summed E-state index contributed by atoms with van der Waals surface area (Å²) < 4.78 is 14.9. The van der Waals surface area contributed by atoms with Crippen molar-refractivity contribution in [1.29, 1.82) is 0 Å². The first-order valence-electron chi connectivity index (χ1n) is 6.43. The summed E-state index contributed by atoms with van der Waals surface area (Å²) in [7, 11) is 4.87. The Morgan fingerprint density at radius 2 is 1.24 bits per heavy atom. The van der Waals surface area contributed by atoms with E-state index >= 15 is 0 Å². The summed E-state index contributed by atoms with van der Waals surface area (Å²) in [6, 6.07) is 14.5. The molecule has 0 aliphatic rings. The number of carbonyl (C=O) groups excluding carboxylic acids is 1. The van der Waals surface area contributed by atoms with Crippen molar-refractivity contribution >= 4 is 5.78 Å². The summed E-state index contributed by atoms with van der Waals surface area (Å²) in [4.78, 5) is 10.8. The summed E-state index contributed by atoms with van der Waals surface area (Å²) >= 11 is 0. The van der Waals surface area contributed by atoms with Crippen molar-refractivity contribution in [3.63, 3.8) is 0 Å². The van der Waals surface area contributed by atoms with E-state index in [-0.39, 0.29) is 5.78 Å². The lowest BCUT2D eigenvalue weighted by atomic mass is 10.1. The lowest BCUT2D eigenvalue weighted by Gasteiger charge is -2.01. The largest absolute Gasteiger partial charge is 0.497 e. The van der Waals surface area contributed by atoms with Crippen molar-refractivity contribution in [2.45, 2.75) is 6.92 Å². The fourth-order valence-corrected chi connectivity index (χ4v) is 1.55. The van der Waals surface area contributed by atoms with Crippen molar-refractivity contribution in [1.82, 2.24) is 0 Å². The molecule has 112 valence electrons. The van der Waals surface area contributed by atoms with Crippen molar-refractivity contribution in [3.8, 4) is 17.2 Å². The van der Waals surface area contributed by atoms with Gasteiger partial charge in [-0.05, 0) is 43.3 Å². The molecule has 4 nitrogen and oxygen atoms in total. The minimum atomic E-state index is 0.0765. The van der Waals surface area contributed by atoms with E-state index in [9.17, 15) is 4.79 Å². The van der Waals surface area contributed by atoms with Crippen LogP contribution in [0.4, 0.5) is 0 Å². The molecule has 4 heteroatoms. The highest BCUT2D eigenvalue weighted by atomic mass is 16.5. The van der Waals surface area contributed by atoms with E-state index in [4.69, 9.17) is 14.2 Å². The summed E-state index contributed by atoms with van der Waals surface area (Å²) in [6.07, 6.45) is 0. The third-order valence-corrected chi connectivity index (χ3v) is 2.77. The fraction of sp³-hybridized carbons (Fsp3) is 0.235. The highest BCUT2D eigenvalue weighted by Gasteiger charge is 1.97. The van der Waals surface area contributed by atoms with Gasteiger partial charge in [-0.2, -0.15) is 0 Å². The number of hydrogen-bond acceptors (Lipinski definition) is 4. The first-order chi connectivity index (χ1) is 10.1. The molecule has 0 aromatic heterocycles. The molecule has 0 radical (unpaired) electrons. The summed E-state index contributed by atoms with van der Waals surface area (Å²) in [6.45, 7) is 1.54. The van der Waals surface area contributed by atoms with Gasteiger partial charge in [-0.1, -0.05) is 6.07 Å². The molecule has 2 aromatic rings. The highest BCUT2D eigenvalue weighted by molar-refractivity contribution is 5.94. The van der Waals surface area contributed by atoms with E-state index in [0.29, 0.717) is 5.56 Å². The van der Waals surface area contributed by atoms with Crippen molar-refractivity contribution in [2.24, 2.45) is 0 Å². The molecular formula is C17H20O4. The molecule has 0 atom stereocenters. The zero-order valence-electron chi connectivity index (χ0n) is 12.8. The zero-order chi connectivity index (χ0) is 15.7. The number of Topliss-reactive ketones (excluding diaryl/α,β-unsaturated/α-hetero) is 1. The Kier molecular flexibility index (Phi) is 6.81.